The van der Waals surface area contributed by atoms with Crippen molar-refractivity contribution in [3.63, 3.8) is 0 Å². The van der Waals surface area contributed by atoms with E-state index in [0.717, 1.165) is 17.3 Å². The van der Waals surface area contributed by atoms with E-state index in [1.165, 1.54) is 24.1 Å². The molecule has 0 aromatic heterocycles. The summed E-state index contributed by atoms with van der Waals surface area (Å²) < 4.78 is 0. The molecule has 1 aromatic rings. The summed E-state index contributed by atoms with van der Waals surface area (Å²) >= 11 is 11.6. The zero-order valence-electron chi connectivity index (χ0n) is 10.1. The van der Waals surface area contributed by atoms with Crippen molar-refractivity contribution < 1.29 is 0 Å². The van der Waals surface area contributed by atoms with E-state index in [-0.39, 0.29) is 0 Å². The second kappa shape index (κ2) is 6.68. The van der Waals surface area contributed by atoms with Crippen LogP contribution in [0.5, 0.6) is 0 Å². The average molecular weight is 275 g/mol. The lowest BCUT2D eigenvalue weighted by molar-refractivity contribution is 0.869. The minimum absolute atomic E-state index is 0.797. The molecule has 0 atom stereocenters. The van der Waals surface area contributed by atoms with Crippen LogP contribution in [0.1, 0.15) is 18.4 Å². The molecular weight excluding hydrogens is 255 g/mol. The highest BCUT2D eigenvalue weighted by Crippen LogP contribution is 2.20. The first-order valence-corrected chi connectivity index (χ1v) is 10.2. The van der Waals surface area contributed by atoms with Crippen molar-refractivity contribution in [2.45, 2.75) is 38.0 Å². The summed E-state index contributed by atoms with van der Waals surface area (Å²) in [6, 6.07) is 10.9. The molecule has 0 saturated carbocycles. The van der Waals surface area contributed by atoms with Crippen molar-refractivity contribution in [2.24, 2.45) is 0 Å². The Balaban J connectivity index is 2.48. The van der Waals surface area contributed by atoms with Crippen molar-refractivity contribution in [1.29, 1.82) is 0 Å². The minimum Gasteiger partial charge on any atom is -0.127 e. The van der Waals surface area contributed by atoms with Crippen molar-refractivity contribution in [1.82, 2.24) is 0 Å². The lowest BCUT2D eigenvalue weighted by Gasteiger charge is -2.22. The summed E-state index contributed by atoms with van der Waals surface area (Å²) in [6.07, 6.45) is 2.43. The zero-order valence-corrected chi connectivity index (χ0v) is 12.6. The summed E-state index contributed by atoms with van der Waals surface area (Å²) in [5.41, 5.74) is 1.42. The van der Waals surface area contributed by atoms with Crippen LogP contribution in [0.3, 0.4) is 0 Å². The van der Waals surface area contributed by atoms with E-state index in [2.05, 4.69) is 25.2 Å². The Labute approximate surface area is 110 Å². The molecule has 90 valence electrons. The molecular formula is C13H20Cl2Si. The molecule has 0 fully saturated rings. The molecule has 0 radical (unpaired) electrons. The summed E-state index contributed by atoms with van der Waals surface area (Å²) in [4.78, 5) is 0. The van der Waals surface area contributed by atoms with Gasteiger partial charge >= 0.3 is 0 Å². The van der Waals surface area contributed by atoms with E-state index in [0.29, 0.717) is 0 Å². The van der Waals surface area contributed by atoms with E-state index < -0.39 is 8.07 Å². The fourth-order valence-electron chi connectivity index (χ4n) is 1.94. The van der Waals surface area contributed by atoms with E-state index in [4.69, 9.17) is 23.2 Å². The molecule has 1 aromatic carbocycles. The Bertz CT molecular complexity index is 306. The average Bonchev–Trinajstić information content (AvgIpc) is 2.21. The molecule has 0 saturated heterocycles. The van der Waals surface area contributed by atoms with Gasteiger partial charge in [0.05, 0.1) is 8.07 Å². The largest absolute Gasteiger partial charge is 0.127 e. The van der Waals surface area contributed by atoms with E-state index >= 15 is 0 Å². The Kier molecular flexibility index (Phi) is 5.88. The molecule has 0 heterocycles. The van der Waals surface area contributed by atoms with Crippen LogP contribution < -0.4 is 0 Å². The summed E-state index contributed by atoms with van der Waals surface area (Å²) in [5, 5.41) is 0.824. The van der Waals surface area contributed by atoms with Gasteiger partial charge in [-0.25, -0.2) is 0 Å². The van der Waals surface area contributed by atoms with Gasteiger partial charge < -0.3 is 0 Å². The standard InChI is InChI=1S/C13H20Cl2Si/c1-16(2,10-4-3-9-14)11-12-5-7-13(15)8-6-12/h5-8H,3-4,9-11H2,1-2H3. The molecule has 0 N–H and O–H groups in total. The van der Waals surface area contributed by atoms with Gasteiger partial charge in [0.2, 0.25) is 0 Å². The third-order valence-electron chi connectivity index (χ3n) is 2.83. The Morgan fingerprint density at radius 2 is 1.69 bits per heavy atom. The number of hydrogen-bond donors (Lipinski definition) is 0. The molecule has 3 heteroatoms. The fraction of sp³-hybridized carbons (Fsp3) is 0.538. The van der Waals surface area contributed by atoms with E-state index in [9.17, 15) is 0 Å². The van der Waals surface area contributed by atoms with Gasteiger partial charge in [-0.1, -0.05) is 54.9 Å². The maximum Gasteiger partial charge on any atom is 0.0517 e. The normalized spacial score (nSPS) is 11.8. The molecule has 0 unspecified atom stereocenters. The highest BCUT2D eigenvalue weighted by molar-refractivity contribution is 6.76. The van der Waals surface area contributed by atoms with Gasteiger partial charge in [0, 0.05) is 10.9 Å². The number of benzene rings is 1. The molecule has 0 aliphatic rings. The number of halogens is 2. The van der Waals surface area contributed by atoms with Gasteiger partial charge in [-0.05, 0) is 24.6 Å². The second-order valence-electron chi connectivity index (χ2n) is 5.11. The summed E-state index contributed by atoms with van der Waals surface area (Å²) in [6.45, 7) is 4.91. The Morgan fingerprint density at radius 1 is 1.06 bits per heavy atom. The van der Waals surface area contributed by atoms with Gasteiger partial charge in [0.25, 0.3) is 0 Å². The number of unbranched alkanes of at least 4 members (excludes halogenated alkanes) is 1. The first-order valence-electron chi connectivity index (χ1n) is 5.84. The Morgan fingerprint density at radius 3 is 2.25 bits per heavy atom. The topological polar surface area (TPSA) is 0 Å². The third kappa shape index (κ3) is 5.38. The van der Waals surface area contributed by atoms with Gasteiger partial charge in [-0.3, -0.25) is 0 Å². The molecule has 1 rings (SSSR count). The SMILES string of the molecule is C[Si](C)(CCCCCl)Cc1ccc(Cl)cc1. The van der Waals surface area contributed by atoms with Crippen molar-refractivity contribution in [3.8, 4) is 0 Å². The van der Waals surface area contributed by atoms with Gasteiger partial charge in [-0.2, -0.15) is 0 Å². The van der Waals surface area contributed by atoms with Crippen LogP contribution in [0.2, 0.25) is 24.2 Å². The number of alkyl halides is 1. The van der Waals surface area contributed by atoms with E-state index in [1.54, 1.807) is 0 Å². The van der Waals surface area contributed by atoms with Crippen LogP contribution in [0, 0.1) is 0 Å². The zero-order chi connectivity index (χ0) is 12.0. The minimum atomic E-state index is -1.10. The molecule has 0 nitrogen and oxygen atoms in total. The number of hydrogen-bond acceptors (Lipinski definition) is 0. The number of rotatable bonds is 6. The van der Waals surface area contributed by atoms with Crippen LogP contribution in [-0.2, 0) is 6.04 Å². The quantitative estimate of drug-likeness (QED) is 0.382. The predicted octanol–water partition coefficient (Wildman–Crippen LogP) is 5.15. The van der Waals surface area contributed by atoms with E-state index in [1.807, 2.05) is 12.1 Å². The van der Waals surface area contributed by atoms with Gasteiger partial charge in [0.15, 0.2) is 0 Å². The van der Waals surface area contributed by atoms with Crippen LogP contribution in [0.25, 0.3) is 0 Å². The van der Waals surface area contributed by atoms with Crippen LogP contribution >= 0.6 is 23.2 Å². The first kappa shape index (κ1) is 14.1. The molecule has 0 bridgehead atoms. The fourth-order valence-corrected chi connectivity index (χ4v) is 4.98. The molecule has 0 spiro atoms. The third-order valence-corrected chi connectivity index (χ3v) is 6.42. The van der Waals surface area contributed by atoms with Crippen molar-refractivity contribution in [3.05, 3.63) is 34.9 Å². The summed E-state index contributed by atoms with van der Waals surface area (Å²) in [7, 11) is -1.10. The first-order chi connectivity index (χ1) is 7.53. The molecule has 0 amide bonds. The van der Waals surface area contributed by atoms with Crippen molar-refractivity contribution >= 4 is 31.3 Å². The highest BCUT2D eigenvalue weighted by Gasteiger charge is 2.20. The highest BCUT2D eigenvalue weighted by atomic mass is 35.5. The maximum absolute atomic E-state index is 5.88. The van der Waals surface area contributed by atoms with Gasteiger partial charge in [-0.15, -0.1) is 11.6 Å². The lowest BCUT2D eigenvalue weighted by atomic mass is 10.2. The lowest BCUT2D eigenvalue weighted by Crippen LogP contribution is -2.28. The summed E-state index contributed by atoms with van der Waals surface area (Å²) in [5.74, 6) is 0.797. The van der Waals surface area contributed by atoms with Crippen LogP contribution in [0.4, 0.5) is 0 Å². The maximum atomic E-state index is 5.88. The Hall–Kier alpha value is 0.0169. The van der Waals surface area contributed by atoms with Gasteiger partial charge in [0.1, 0.15) is 0 Å². The van der Waals surface area contributed by atoms with Crippen LogP contribution in [-0.4, -0.2) is 14.0 Å². The second-order valence-corrected chi connectivity index (χ2v) is 11.1. The molecule has 0 aliphatic heterocycles. The molecule has 0 aliphatic carbocycles. The predicted molar refractivity (Wildman–Crippen MR) is 77.4 cm³/mol. The van der Waals surface area contributed by atoms with Crippen molar-refractivity contribution in [2.75, 3.05) is 5.88 Å². The van der Waals surface area contributed by atoms with Crippen LogP contribution in [0.15, 0.2) is 24.3 Å². The molecule has 16 heavy (non-hydrogen) atoms. The smallest absolute Gasteiger partial charge is 0.0517 e. The monoisotopic (exact) mass is 274 g/mol.